The van der Waals surface area contributed by atoms with Gasteiger partial charge in [-0.25, -0.2) is 4.21 Å². The van der Waals surface area contributed by atoms with Crippen molar-refractivity contribution in [1.29, 1.82) is 0 Å². The van der Waals surface area contributed by atoms with Gasteiger partial charge in [-0.2, -0.15) is 0 Å². The molecule has 0 amide bonds. The van der Waals surface area contributed by atoms with Gasteiger partial charge in [0.15, 0.2) is 0 Å². The summed E-state index contributed by atoms with van der Waals surface area (Å²) in [4.78, 5) is 2.00. The summed E-state index contributed by atoms with van der Waals surface area (Å²) in [6.07, 6.45) is 6.32. The Morgan fingerprint density at radius 2 is 1.72 bits per heavy atom. The van der Waals surface area contributed by atoms with Gasteiger partial charge < -0.3 is 0 Å². The molecule has 3 heteroatoms. The molecule has 0 aliphatic heterocycles. The van der Waals surface area contributed by atoms with Gasteiger partial charge in [-0.15, -0.1) is 0 Å². The van der Waals surface area contributed by atoms with E-state index in [1.807, 2.05) is 37.3 Å². The maximum absolute atomic E-state index is 12.6. The Bertz CT molecular complexity index is 520. The van der Waals surface area contributed by atoms with E-state index in [1.165, 1.54) is 5.56 Å². The van der Waals surface area contributed by atoms with Crippen molar-refractivity contribution in [2.24, 2.45) is 0 Å². The SMILES string of the molecule is Cc1ccc([S@](=O)C2=CC=CC2[Si](C)(C)C)cc1. The summed E-state index contributed by atoms with van der Waals surface area (Å²) in [5.74, 6) is 0. The molecule has 2 atom stereocenters. The summed E-state index contributed by atoms with van der Waals surface area (Å²) in [6.45, 7) is 9.03. The second kappa shape index (κ2) is 4.98. The monoisotopic (exact) mass is 276 g/mol. The summed E-state index contributed by atoms with van der Waals surface area (Å²) in [7, 11) is -2.35. The molecule has 96 valence electrons. The summed E-state index contributed by atoms with van der Waals surface area (Å²) in [5.41, 5.74) is 1.61. The second-order valence-corrected chi connectivity index (χ2v) is 12.7. The van der Waals surface area contributed by atoms with Gasteiger partial charge in [-0.1, -0.05) is 49.5 Å². The van der Waals surface area contributed by atoms with Crippen LogP contribution in [0.2, 0.25) is 25.2 Å². The lowest BCUT2D eigenvalue weighted by Crippen LogP contribution is -2.28. The number of hydrogen-bond donors (Lipinski definition) is 0. The number of aryl methyl sites for hydroxylation is 1. The normalized spacial score (nSPS) is 20.9. The highest BCUT2D eigenvalue weighted by Gasteiger charge is 2.32. The van der Waals surface area contributed by atoms with Crippen molar-refractivity contribution < 1.29 is 4.21 Å². The van der Waals surface area contributed by atoms with Crippen LogP contribution in [0.5, 0.6) is 0 Å². The standard InChI is InChI=1S/C15H20OSSi/c1-12-8-10-13(11-9-12)17(16)14-6-5-7-15(14)18(2,3)4/h5-11,15H,1-4H3/t15?,17-/m0/s1. The lowest BCUT2D eigenvalue weighted by molar-refractivity contribution is 0.686. The van der Waals surface area contributed by atoms with E-state index in [1.54, 1.807) is 0 Å². The quantitative estimate of drug-likeness (QED) is 0.754. The molecule has 0 N–H and O–H groups in total. The van der Waals surface area contributed by atoms with E-state index in [2.05, 4.69) is 31.8 Å². The topological polar surface area (TPSA) is 17.1 Å². The molecule has 1 nitrogen and oxygen atoms in total. The summed E-state index contributed by atoms with van der Waals surface area (Å²) < 4.78 is 12.6. The van der Waals surface area contributed by atoms with Gasteiger partial charge in [0.1, 0.15) is 0 Å². The van der Waals surface area contributed by atoms with Crippen LogP contribution in [-0.2, 0) is 10.8 Å². The Labute approximate surface area is 113 Å². The van der Waals surface area contributed by atoms with Gasteiger partial charge in [0.2, 0.25) is 0 Å². The van der Waals surface area contributed by atoms with Crippen LogP contribution in [-0.4, -0.2) is 12.3 Å². The number of allylic oxidation sites excluding steroid dienone is 4. The smallest absolute Gasteiger partial charge is 0.0811 e. The Hall–Kier alpha value is -0.933. The zero-order chi connectivity index (χ0) is 13.3. The third-order valence-electron chi connectivity index (χ3n) is 3.25. The van der Waals surface area contributed by atoms with Crippen LogP contribution in [0.25, 0.3) is 0 Å². The molecule has 0 saturated carbocycles. The molecule has 0 aromatic heterocycles. The maximum atomic E-state index is 12.6. The highest BCUT2D eigenvalue weighted by atomic mass is 32.2. The summed E-state index contributed by atoms with van der Waals surface area (Å²) in [5, 5.41) is 0. The van der Waals surface area contributed by atoms with Crippen molar-refractivity contribution in [3.63, 3.8) is 0 Å². The first kappa shape index (κ1) is 13.5. The van der Waals surface area contributed by atoms with Crippen LogP contribution in [0, 0.1) is 6.92 Å². The lowest BCUT2D eigenvalue weighted by atomic mass is 10.2. The minimum absolute atomic E-state index is 0.402. The van der Waals surface area contributed by atoms with Gasteiger partial charge in [0.25, 0.3) is 0 Å². The highest BCUT2D eigenvalue weighted by molar-refractivity contribution is 7.89. The third kappa shape index (κ3) is 2.73. The first-order valence-corrected chi connectivity index (χ1v) is 11.0. The number of hydrogen-bond acceptors (Lipinski definition) is 1. The fourth-order valence-electron chi connectivity index (χ4n) is 2.15. The predicted molar refractivity (Wildman–Crippen MR) is 81.9 cm³/mol. The maximum Gasteiger partial charge on any atom is 0.0811 e. The van der Waals surface area contributed by atoms with E-state index in [9.17, 15) is 4.21 Å². The van der Waals surface area contributed by atoms with Crippen LogP contribution in [0.4, 0.5) is 0 Å². The molecule has 0 heterocycles. The Balaban J connectivity index is 2.28. The van der Waals surface area contributed by atoms with Crippen molar-refractivity contribution >= 4 is 18.9 Å². The van der Waals surface area contributed by atoms with Gasteiger partial charge >= 0.3 is 0 Å². The molecule has 0 fully saturated rings. The second-order valence-electron chi connectivity index (χ2n) is 5.88. The molecule has 0 saturated heterocycles. The fourth-order valence-corrected chi connectivity index (χ4v) is 6.34. The van der Waals surface area contributed by atoms with E-state index in [-0.39, 0.29) is 0 Å². The molecule has 0 bridgehead atoms. The fraction of sp³-hybridized carbons (Fsp3) is 0.333. The van der Waals surface area contributed by atoms with Gasteiger partial charge in [-0.3, -0.25) is 0 Å². The molecular weight excluding hydrogens is 256 g/mol. The molecule has 1 aliphatic rings. The van der Waals surface area contributed by atoms with Crippen molar-refractivity contribution in [3.8, 4) is 0 Å². The average molecular weight is 276 g/mol. The van der Waals surface area contributed by atoms with Crippen molar-refractivity contribution in [1.82, 2.24) is 0 Å². The minimum atomic E-state index is -1.34. The number of benzene rings is 1. The van der Waals surface area contributed by atoms with E-state index in [0.29, 0.717) is 5.54 Å². The van der Waals surface area contributed by atoms with E-state index in [0.717, 1.165) is 9.80 Å². The van der Waals surface area contributed by atoms with E-state index < -0.39 is 18.9 Å². The van der Waals surface area contributed by atoms with Crippen LogP contribution >= 0.6 is 0 Å². The zero-order valence-electron chi connectivity index (χ0n) is 11.4. The molecule has 0 spiro atoms. The highest BCUT2D eigenvalue weighted by Crippen LogP contribution is 2.38. The molecule has 1 aromatic carbocycles. The summed E-state index contributed by atoms with van der Waals surface area (Å²) in [6, 6.07) is 8.01. The molecule has 18 heavy (non-hydrogen) atoms. The predicted octanol–water partition coefficient (Wildman–Crippen LogP) is 4.26. The summed E-state index contributed by atoms with van der Waals surface area (Å²) >= 11 is 0. The van der Waals surface area contributed by atoms with Gasteiger partial charge in [-0.05, 0) is 25.1 Å². The van der Waals surface area contributed by atoms with Crippen molar-refractivity contribution in [2.45, 2.75) is 37.0 Å². The Morgan fingerprint density at radius 1 is 1.11 bits per heavy atom. The van der Waals surface area contributed by atoms with Crippen LogP contribution in [0.1, 0.15) is 5.56 Å². The minimum Gasteiger partial charge on any atom is -0.249 e. The van der Waals surface area contributed by atoms with Gasteiger partial charge in [0, 0.05) is 15.3 Å². The average Bonchev–Trinajstić information content (AvgIpc) is 2.77. The largest absolute Gasteiger partial charge is 0.249 e. The lowest BCUT2D eigenvalue weighted by Gasteiger charge is -2.25. The molecule has 2 rings (SSSR count). The molecular formula is C15H20OSSi. The number of rotatable bonds is 3. The van der Waals surface area contributed by atoms with Crippen LogP contribution in [0.3, 0.4) is 0 Å². The first-order chi connectivity index (χ1) is 8.39. The van der Waals surface area contributed by atoms with E-state index >= 15 is 0 Å². The molecule has 0 radical (unpaired) electrons. The zero-order valence-corrected chi connectivity index (χ0v) is 13.3. The molecule has 1 unspecified atom stereocenters. The van der Waals surface area contributed by atoms with Crippen LogP contribution in [0.15, 0.2) is 52.3 Å². The first-order valence-electron chi connectivity index (χ1n) is 6.26. The molecule has 1 aliphatic carbocycles. The van der Waals surface area contributed by atoms with E-state index in [4.69, 9.17) is 0 Å². The van der Waals surface area contributed by atoms with Gasteiger partial charge in [0.05, 0.1) is 18.9 Å². The van der Waals surface area contributed by atoms with Crippen LogP contribution < -0.4 is 0 Å². The van der Waals surface area contributed by atoms with Crippen molar-refractivity contribution in [2.75, 3.05) is 0 Å². The third-order valence-corrected chi connectivity index (χ3v) is 7.35. The molecule has 1 aromatic rings. The Morgan fingerprint density at radius 3 is 2.28 bits per heavy atom. The van der Waals surface area contributed by atoms with Crippen molar-refractivity contribution in [3.05, 3.63) is 53.0 Å². The Kier molecular flexibility index (Phi) is 3.73.